The lowest BCUT2D eigenvalue weighted by atomic mass is 10.1. The third-order valence-electron chi connectivity index (χ3n) is 3.66. The largest absolute Gasteiger partial charge is 0.254 e. The average molecular weight is 266 g/mol. The van der Waals surface area contributed by atoms with Crippen molar-refractivity contribution in [2.75, 3.05) is 0 Å². The molecule has 20 heavy (non-hydrogen) atoms. The standard InChI is InChI=1S/C16H18N4/c1-5-12-6-7-13(17-9-12)14-8-10(2)15-11(3)19-20(4)16(15)18-14/h6-9H,5H2,1-4H3. The van der Waals surface area contributed by atoms with Crippen LogP contribution >= 0.6 is 0 Å². The molecule has 0 spiro atoms. The number of aromatic nitrogens is 4. The first-order valence-electron chi connectivity index (χ1n) is 6.86. The molecule has 0 aromatic carbocycles. The van der Waals surface area contributed by atoms with Gasteiger partial charge in [-0.05, 0) is 43.5 Å². The maximum Gasteiger partial charge on any atom is 0.158 e. The van der Waals surface area contributed by atoms with Gasteiger partial charge < -0.3 is 0 Å². The van der Waals surface area contributed by atoms with E-state index >= 15 is 0 Å². The van der Waals surface area contributed by atoms with Crippen LogP contribution in [0.2, 0.25) is 0 Å². The molecule has 0 saturated carbocycles. The molecule has 0 atom stereocenters. The number of nitrogens with zero attached hydrogens (tertiary/aromatic N) is 4. The summed E-state index contributed by atoms with van der Waals surface area (Å²) < 4.78 is 1.83. The van der Waals surface area contributed by atoms with Gasteiger partial charge in [0.15, 0.2) is 5.65 Å². The van der Waals surface area contributed by atoms with E-state index < -0.39 is 0 Å². The Labute approximate surface area is 118 Å². The summed E-state index contributed by atoms with van der Waals surface area (Å²) >= 11 is 0. The summed E-state index contributed by atoms with van der Waals surface area (Å²) in [5.41, 5.74) is 6.18. The van der Waals surface area contributed by atoms with Gasteiger partial charge in [-0.2, -0.15) is 5.10 Å². The first-order valence-corrected chi connectivity index (χ1v) is 6.86. The van der Waals surface area contributed by atoms with Crippen molar-refractivity contribution in [2.45, 2.75) is 27.2 Å². The smallest absolute Gasteiger partial charge is 0.158 e. The van der Waals surface area contributed by atoms with E-state index in [1.165, 1.54) is 11.1 Å². The van der Waals surface area contributed by atoms with Gasteiger partial charge in [0.25, 0.3) is 0 Å². The van der Waals surface area contributed by atoms with Gasteiger partial charge in [0.2, 0.25) is 0 Å². The first-order chi connectivity index (χ1) is 9.60. The Balaban J connectivity index is 2.18. The Morgan fingerprint density at radius 2 is 1.95 bits per heavy atom. The Morgan fingerprint density at radius 1 is 1.15 bits per heavy atom. The fourth-order valence-corrected chi connectivity index (χ4v) is 2.58. The van der Waals surface area contributed by atoms with Gasteiger partial charge in [-0.15, -0.1) is 0 Å². The van der Waals surface area contributed by atoms with Crippen molar-refractivity contribution in [1.82, 2.24) is 19.7 Å². The second-order valence-corrected chi connectivity index (χ2v) is 5.14. The van der Waals surface area contributed by atoms with Crippen LogP contribution in [0, 0.1) is 13.8 Å². The number of hydrogen-bond acceptors (Lipinski definition) is 3. The maximum absolute atomic E-state index is 4.72. The highest BCUT2D eigenvalue weighted by molar-refractivity contribution is 5.84. The van der Waals surface area contributed by atoms with E-state index in [0.29, 0.717) is 0 Å². The van der Waals surface area contributed by atoms with Crippen molar-refractivity contribution >= 4 is 11.0 Å². The van der Waals surface area contributed by atoms with Gasteiger partial charge in [-0.1, -0.05) is 13.0 Å². The summed E-state index contributed by atoms with van der Waals surface area (Å²) in [5, 5.41) is 5.59. The SMILES string of the molecule is CCc1ccc(-c2cc(C)c3c(C)nn(C)c3n2)nc1. The van der Waals surface area contributed by atoms with E-state index in [-0.39, 0.29) is 0 Å². The van der Waals surface area contributed by atoms with Gasteiger partial charge in [-0.25, -0.2) is 4.98 Å². The van der Waals surface area contributed by atoms with Crippen LogP contribution in [0.15, 0.2) is 24.4 Å². The van der Waals surface area contributed by atoms with Gasteiger partial charge in [0, 0.05) is 18.6 Å². The minimum Gasteiger partial charge on any atom is -0.254 e. The molecule has 3 heterocycles. The molecule has 3 aromatic rings. The van der Waals surface area contributed by atoms with E-state index in [4.69, 9.17) is 4.98 Å². The quantitative estimate of drug-likeness (QED) is 0.715. The Morgan fingerprint density at radius 3 is 2.60 bits per heavy atom. The fraction of sp³-hybridized carbons (Fsp3) is 0.312. The van der Waals surface area contributed by atoms with Crippen LogP contribution in [0.25, 0.3) is 22.4 Å². The molecule has 0 N–H and O–H groups in total. The summed E-state index contributed by atoms with van der Waals surface area (Å²) in [7, 11) is 1.93. The minimum atomic E-state index is 0.903. The van der Waals surface area contributed by atoms with Crippen molar-refractivity contribution in [3.63, 3.8) is 0 Å². The summed E-state index contributed by atoms with van der Waals surface area (Å²) in [6.07, 6.45) is 2.92. The van der Waals surface area contributed by atoms with Gasteiger partial charge in [0.05, 0.1) is 17.1 Å². The maximum atomic E-state index is 4.72. The highest BCUT2D eigenvalue weighted by atomic mass is 15.3. The Bertz CT molecular complexity index is 769. The molecule has 0 fully saturated rings. The molecule has 0 amide bonds. The van der Waals surface area contributed by atoms with E-state index in [2.05, 4.69) is 36.1 Å². The van der Waals surface area contributed by atoms with E-state index in [0.717, 1.165) is 34.5 Å². The zero-order valence-corrected chi connectivity index (χ0v) is 12.3. The lowest BCUT2D eigenvalue weighted by molar-refractivity contribution is 0.774. The Kier molecular flexibility index (Phi) is 3.01. The molecule has 0 unspecified atom stereocenters. The van der Waals surface area contributed by atoms with Crippen molar-refractivity contribution in [3.8, 4) is 11.4 Å². The number of hydrogen-bond donors (Lipinski definition) is 0. The van der Waals surface area contributed by atoms with Crippen LogP contribution in [0.1, 0.15) is 23.7 Å². The van der Waals surface area contributed by atoms with E-state index in [1.807, 2.05) is 30.9 Å². The molecule has 0 aliphatic rings. The van der Waals surface area contributed by atoms with E-state index in [9.17, 15) is 0 Å². The lowest BCUT2D eigenvalue weighted by Crippen LogP contribution is -1.95. The monoisotopic (exact) mass is 266 g/mol. The summed E-state index contributed by atoms with van der Waals surface area (Å²) in [5.74, 6) is 0. The van der Waals surface area contributed by atoms with Crippen molar-refractivity contribution in [2.24, 2.45) is 7.05 Å². The Hall–Kier alpha value is -2.23. The van der Waals surface area contributed by atoms with Crippen LogP contribution in [0.5, 0.6) is 0 Å². The molecule has 0 saturated heterocycles. The third-order valence-corrected chi connectivity index (χ3v) is 3.66. The molecule has 0 radical (unpaired) electrons. The molecule has 102 valence electrons. The predicted octanol–water partition coefficient (Wildman–Crippen LogP) is 3.21. The number of pyridine rings is 2. The molecule has 0 aliphatic heterocycles. The summed E-state index contributed by atoms with van der Waals surface area (Å²) in [6.45, 7) is 6.25. The van der Waals surface area contributed by atoms with Crippen molar-refractivity contribution in [1.29, 1.82) is 0 Å². The number of fused-ring (bicyclic) bond motifs is 1. The van der Waals surface area contributed by atoms with Gasteiger partial charge in [0.1, 0.15) is 0 Å². The summed E-state index contributed by atoms with van der Waals surface area (Å²) in [6, 6.07) is 6.23. The molecule has 3 rings (SSSR count). The molecular formula is C16H18N4. The average Bonchev–Trinajstić information content (AvgIpc) is 2.74. The van der Waals surface area contributed by atoms with Crippen LogP contribution in [-0.4, -0.2) is 19.7 Å². The molecule has 4 nitrogen and oxygen atoms in total. The third kappa shape index (κ3) is 1.97. The summed E-state index contributed by atoms with van der Waals surface area (Å²) in [4.78, 5) is 9.23. The van der Waals surface area contributed by atoms with Crippen LogP contribution in [0.4, 0.5) is 0 Å². The topological polar surface area (TPSA) is 43.6 Å². The van der Waals surface area contributed by atoms with Crippen molar-refractivity contribution in [3.05, 3.63) is 41.2 Å². The fourth-order valence-electron chi connectivity index (χ4n) is 2.58. The zero-order valence-electron chi connectivity index (χ0n) is 12.3. The second-order valence-electron chi connectivity index (χ2n) is 5.14. The van der Waals surface area contributed by atoms with Gasteiger partial charge >= 0.3 is 0 Å². The highest BCUT2D eigenvalue weighted by Crippen LogP contribution is 2.25. The lowest BCUT2D eigenvalue weighted by Gasteiger charge is -2.05. The van der Waals surface area contributed by atoms with Crippen LogP contribution in [-0.2, 0) is 13.5 Å². The first kappa shape index (κ1) is 12.8. The van der Waals surface area contributed by atoms with Crippen LogP contribution in [0.3, 0.4) is 0 Å². The van der Waals surface area contributed by atoms with E-state index in [1.54, 1.807) is 0 Å². The molecule has 4 heteroatoms. The minimum absolute atomic E-state index is 0.903. The molecule has 3 aromatic heterocycles. The second kappa shape index (κ2) is 4.71. The van der Waals surface area contributed by atoms with Crippen molar-refractivity contribution < 1.29 is 0 Å². The predicted molar refractivity (Wildman–Crippen MR) is 80.6 cm³/mol. The molecule has 0 aliphatic carbocycles. The molecular weight excluding hydrogens is 248 g/mol. The van der Waals surface area contributed by atoms with Gasteiger partial charge in [-0.3, -0.25) is 9.67 Å². The highest BCUT2D eigenvalue weighted by Gasteiger charge is 2.12. The van der Waals surface area contributed by atoms with Crippen LogP contribution < -0.4 is 0 Å². The number of aryl methyl sites for hydroxylation is 4. The normalized spacial score (nSPS) is 11.2. The zero-order chi connectivity index (χ0) is 14.3. The molecule has 0 bridgehead atoms. The number of rotatable bonds is 2.